The Morgan fingerprint density at radius 1 is 1.10 bits per heavy atom. The van der Waals surface area contributed by atoms with Crippen molar-refractivity contribution in [2.75, 3.05) is 24.3 Å². The number of carbonyl (C=O) groups is 3. The molecule has 4 rings (SSSR count). The molecule has 0 bridgehead atoms. The second-order valence-corrected chi connectivity index (χ2v) is 11.7. The maximum atomic E-state index is 13.8. The first-order valence-electron chi connectivity index (χ1n) is 13.0. The lowest BCUT2D eigenvalue weighted by molar-refractivity contribution is 0.0618. The zero-order valence-electron chi connectivity index (χ0n) is 22.9. The third kappa shape index (κ3) is 6.87. The fourth-order valence-corrected chi connectivity index (χ4v) is 6.06. The van der Waals surface area contributed by atoms with Crippen LogP contribution in [0.5, 0.6) is 5.75 Å². The van der Waals surface area contributed by atoms with Gasteiger partial charge in [0.1, 0.15) is 10.8 Å². The molecule has 3 aromatic rings. The van der Waals surface area contributed by atoms with Crippen molar-refractivity contribution in [3.8, 4) is 16.2 Å². The molecule has 1 aromatic carbocycles. The first-order valence-corrected chi connectivity index (χ1v) is 13.8. The van der Waals surface area contributed by atoms with Crippen molar-refractivity contribution in [3.05, 3.63) is 54.5 Å². The van der Waals surface area contributed by atoms with Crippen LogP contribution in [0.15, 0.2) is 48.9 Å². The summed E-state index contributed by atoms with van der Waals surface area (Å²) in [5, 5.41) is 18.8. The van der Waals surface area contributed by atoms with Crippen LogP contribution in [0.25, 0.3) is 10.4 Å². The summed E-state index contributed by atoms with van der Waals surface area (Å²) in [6.07, 6.45) is 5.52. The van der Waals surface area contributed by atoms with E-state index in [2.05, 4.69) is 25.9 Å². The van der Waals surface area contributed by atoms with Crippen LogP contribution in [-0.2, 0) is 0 Å². The van der Waals surface area contributed by atoms with Crippen molar-refractivity contribution in [1.29, 1.82) is 0 Å². The third-order valence-electron chi connectivity index (χ3n) is 6.71. The first-order chi connectivity index (χ1) is 19.1. The molecule has 4 N–H and O–H groups in total. The predicted molar refractivity (Wildman–Crippen MR) is 154 cm³/mol. The highest BCUT2D eigenvalue weighted by molar-refractivity contribution is 7.20. The van der Waals surface area contributed by atoms with E-state index in [0.29, 0.717) is 23.7 Å². The Balaban J connectivity index is 1.65. The molecule has 1 unspecified atom stereocenters. The van der Waals surface area contributed by atoms with Crippen LogP contribution in [0.4, 0.5) is 20.4 Å². The quantitative estimate of drug-likeness (QED) is 0.307. The van der Waals surface area contributed by atoms with Gasteiger partial charge in [-0.3, -0.25) is 20.4 Å². The maximum absolute atomic E-state index is 13.8. The SMILES string of the molecule is COc1ccc(-c2cc(C(=O)N[C@H]3CCCCN(C(=O)O)C3C(C)(C)C)c(NC(=O)Nc3cnccn3)s2)cc1. The molecule has 12 heteroatoms. The number of benzene rings is 1. The number of carboxylic acid groups (broad SMARTS) is 1. The zero-order valence-corrected chi connectivity index (χ0v) is 23.7. The molecule has 3 heterocycles. The third-order valence-corrected chi connectivity index (χ3v) is 7.81. The van der Waals surface area contributed by atoms with Crippen LogP contribution in [-0.4, -0.2) is 63.7 Å². The topological polar surface area (TPSA) is 146 Å². The van der Waals surface area contributed by atoms with Crippen molar-refractivity contribution < 1.29 is 24.2 Å². The highest BCUT2D eigenvalue weighted by atomic mass is 32.1. The number of carbonyl (C=O) groups excluding carboxylic acids is 2. The molecule has 40 heavy (non-hydrogen) atoms. The molecule has 1 aliphatic rings. The van der Waals surface area contributed by atoms with Crippen molar-refractivity contribution in [1.82, 2.24) is 20.2 Å². The van der Waals surface area contributed by atoms with Gasteiger partial charge in [0.15, 0.2) is 5.82 Å². The van der Waals surface area contributed by atoms with E-state index in [1.807, 2.05) is 45.0 Å². The standard InChI is InChI=1S/C28H34N6O5S/c1-28(2,3)23-20(7-5-6-14-34(23)27(37)38)31-24(35)19-15-21(17-8-10-18(39-4)11-9-17)40-25(19)33-26(36)32-22-16-29-12-13-30-22/h8-13,15-16,20,23H,5-7,14H2,1-4H3,(H,31,35)(H,37,38)(H2,30,32,33,36)/t20-,23?/m0/s1. The van der Waals surface area contributed by atoms with Crippen LogP contribution in [0.3, 0.4) is 0 Å². The van der Waals surface area contributed by atoms with E-state index in [4.69, 9.17) is 4.74 Å². The molecular weight excluding hydrogens is 532 g/mol. The number of amides is 4. The van der Waals surface area contributed by atoms with Gasteiger partial charge in [-0.05, 0) is 60.6 Å². The van der Waals surface area contributed by atoms with E-state index < -0.39 is 35.5 Å². The van der Waals surface area contributed by atoms with Crippen LogP contribution in [0.1, 0.15) is 50.4 Å². The zero-order chi connectivity index (χ0) is 28.9. The number of ether oxygens (including phenoxy) is 1. The second-order valence-electron chi connectivity index (χ2n) is 10.6. The molecule has 0 spiro atoms. The van der Waals surface area contributed by atoms with Gasteiger partial charge in [-0.15, -0.1) is 11.3 Å². The summed E-state index contributed by atoms with van der Waals surface area (Å²) < 4.78 is 5.26. The summed E-state index contributed by atoms with van der Waals surface area (Å²) in [5.74, 6) is 0.569. The molecule has 11 nitrogen and oxygen atoms in total. The molecule has 1 fully saturated rings. The maximum Gasteiger partial charge on any atom is 0.407 e. The number of rotatable bonds is 6. The Hall–Kier alpha value is -4.19. The lowest BCUT2D eigenvalue weighted by atomic mass is 9.80. The number of nitrogens with one attached hydrogen (secondary N) is 3. The predicted octanol–water partition coefficient (Wildman–Crippen LogP) is 5.53. The summed E-state index contributed by atoms with van der Waals surface area (Å²) in [5.41, 5.74) is 0.714. The average Bonchev–Trinajstić information content (AvgIpc) is 3.20. The number of aromatic nitrogens is 2. The normalized spacial score (nSPS) is 17.4. The Kier molecular flexibility index (Phi) is 8.88. The first kappa shape index (κ1) is 28.8. The van der Waals surface area contributed by atoms with Crippen LogP contribution in [0.2, 0.25) is 0 Å². The lowest BCUT2D eigenvalue weighted by Gasteiger charge is -2.42. The number of hydrogen-bond acceptors (Lipinski definition) is 7. The van der Waals surface area contributed by atoms with Crippen molar-refractivity contribution in [2.45, 2.75) is 52.1 Å². The molecule has 2 aromatic heterocycles. The van der Waals surface area contributed by atoms with Gasteiger partial charge in [0.2, 0.25) is 0 Å². The lowest BCUT2D eigenvalue weighted by Crippen LogP contribution is -2.58. The molecule has 1 saturated heterocycles. The number of methoxy groups -OCH3 is 1. The van der Waals surface area contributed by atoms with Gasteiger partial charge in [-0.2, -0.15) is 0 Å². The van der Waals surface area contributed by atoms with Crippen LogP contribution >= 0.6 is 11.3 Å². The molecular formula is C28H34N6O5S. The van der Waals surface area contributed by atoms with E-state index in [9.17, 15) is 19.5 Å². The van der Waals surface area contributed by atoms with Crippen molar-refractivity contribution in [3.63, 3.8) is 0 Å². The van der Waals surface area contributed by atoms with Gasteiger partial charge in [0, 0.05) is 23.8 Å². The van der Waals surface area contributed by atoms with Crippen molar-refractivity contribution in [2.24, 2.45) is 5.41 Å². The Morgan fingerprint density at radius 2 is 1.85 bits per heavy atom. The van der Waals surface area contributed by atoms with Gasteiger partial charge in [-0.25, -0.2) is 14.6 Å². The van der Waals surface area contributed by atoms with Gasteiger partial charge in [-0.1, -0.05) is 20.8 Å². The number of urea groups is 1. The molecule has 212 valence electrons. The molecule has 4 amide bonds. The molecule has 2 atom stereocenters. The number of likely N-dealkylation sites (tertiary alicyclic amines) is 1. The van der Waals surface area contributed by atoms with Crippen molar-refractivity contribution >= 4 is 40.2 Å². The Morgan fingerprint density at radius 3 is 2.48 bits per heavy atom. The largest absolute Gasteiger partial charge is 0.497 e. The molecule has 1 aliphatic heterocycles. The minimum atomic E-state index is -0.999. The van der Waals surface area contributed by atoms with E-state index >= 15 is 0 Å². The minimum Gasteiger partial charge on any atom is -0.497 e. The van der Waals surface area contributed by atoms with E-state index in [1.54, 1.807) is 13.2 Å². The van der Waals surface area contributed by atoms with Gasteiger partial charge in [0.05, 0.1) is 31.0 Å². The van der Waals surface area contributed by atoms with Crippen LogP contribution < -0.4 is 20.7 Å². The summed E-state index contributed by atoms with van der Waals surface area (Å²) in [7, 11) is 1.59. The number of anilines is 2. The highest BCUT2D eigenvalue weighted by Crippen LogP contribution is 2.37. The van der Waals surface area contributed by atoms with Gasteiger partial charge in [0.25, 0.3) is 5.91 Å². The second kappa shape index (κ2) is 12.3. The van der Waals surface area contributed by atoms with E-state index in [1.165, 1.54) is 34.8 Å². The van der Waals surface area contributed by atoms with Gasteiger partial charge < -0.3 is 20.1 Å². The summed E-state index contributed by atoms with van der Waals surface area (Å²) >= 11 is 1.26. The average molecular weight is 567 g/mol. The molecule has 0 aliphatic carbocycles. The van der Waals surface area contributed by atoms with E-state index in [0.717, 1.165) is 23.3 Å². The Labute approximate surface area is 237 Å². The highest BCUT2D eigenvalue weighted by Gasteiger charge is 2.41. The number of thiophene rings is 1. The minimum absolute atomic E-state index is 0.262. The number of nitrogens with zero attached hydrogens (tertiary/aromatic N) is 3. The van der Waals surface area contributed by atoms with Gasteiger partial charge >= 0.3 is 12.1 Å². The summed E-state index contributed by atoms with van der Waals surface area (Å²) in [4.78, 5) is 49.0. The monoisotopic (exact) mass is 566 g/mol. The summed E-state index contributed by atoms with van der Waals surface area (Å²) in [6, 6.07) is 7.73. The molecule has 0 saturated carbocycles. The smallest absolute Gasteiger partial charge is 0.407 e. The number of hydrogen-bond donors (Lipinski definition) is 4. The van der Waals surface area contributed by atoms with Crippen LogP contribution in [0, 0.1) is 5.41 Å². The fourth-order valence-electron chi connectivity index (χ4n) is 5.01. The fraction of sp³-hybridized carbons (Fsp3) is 0.393. The van der Waals surface area contributed by atoms with E-state index in [-0.39, 0.29) is 11.4 Å². The molecule has 0 radical (unpaired) electrons. The summed E-state index contributed by atoms with van der Waals surface area (Å²) in [6.45, 7) is 6.36. The Bertz CT molecular complexity index is 1340.